The Hall–Kier alpha value is -2.15. The highest BCUT2D eigenvalue weighted by Gasteiger charge is 2.34. The molecule has 2 rings (SSSR count). The van der Waals surface area contributed by atoms with Crippen molar-refractivity contribution >= 4 is 23.2 Å². The third-order valence-electron chi connectivity index (χ3n) is 3.04. The number of alkyl halides is 3. The SMILES string of the molecule is CC(C)c1ccc(C(=O)Nc2ccc(Cl)cc2C(F)(F)F)nn1. The van der Waals surface area contributed by atoms with Crippen LogP contribution in [0.5, 0.6) is 0 Å². The van der Waals surface area contributed by atoms with Gasteiger partial charge in [0.05, 0.1) is 16.9 Å². The average molecular weight is 344 g/mol. The second-order valence-corrected chi connectivity index (χ2v) is 5.58. The van der Waals surface area contributed by atoms with E-state index in [0.717, 1.165) is 12.1 Å². The number of aromatic nitrogens is 2. The molecule has 8 heteroatoms. The van der Waals surface area contributed by atoms with Gasteiger partial charge in [-0.1, -0.05) is 25.4 Å². The predicted octanol–water partition coefficient (Wildman–Crippen LogP) is 4.52. The van der Waals surface area contributed by atoms with E-state index in [9.17, 15) is 18.0 Å². The minimum absolute atomic E-state index is 0.0718. The number of benzene rings is 1. The number of hydrogen-bond donors (Lipinski definition) is 1. The summed E-state index contributed by atoms with van der Waals surface area (Å²) in [6.07, 6.45) is -4.64. The summed E-state index contributed by atoms with van der Waals surface area (Å²) in [6.45, 7) is 3.82. The van der Waals surface area contributed by atoms with Crippen LogP contribution in [0.4, 0.5) is 18.9 Å². The summed E-state index contributed by atoms with van der Waals surface area (Å²) in [5, 5.41) is 9.72. The summed E-state index contributed by atoms with van der Waals surface area (Å²) in [4.78, 5) is 12.0. The molecule has 0 unspecified atom stereocenters. The topological polar surface area (TPSA) is 54.9 Å². The van der Waals surface area contributed by atoms with Crippen molar-refractivity contribution in [3.05, 3.63) is 52.3 Å². The lowest BCUT2D eigenvalue weighted by atomic mass is 10.1. The molecule has 23 heavy (non-hydrogen) atoms. The van der Waals surface area contributed by atoms with Crippen molar-refractivity contribution < 1.29 is 18.0 Å². The number of halogens is 4. The molecular formula is C15H13ClF3N3O. The van der Waals surface area contributed by atoms with Crippen molar-refractivity contribution in [3.63, 3.8) is 0 Å². The van der Waals surface area contributed by atoms with Gasteiger partial charge in [-0.05, 0) is 36.2 Å². The summed E-state index contributed by atoms with van der Waals surface area (Å²) in [7, 11) is 0. The fraction of sp³-hybridized carbons (Fsp3) is 0.267. The second kappa shape index (κ2) is 6.54. The number of amides is 1. The van der Waals surface area contributed by atoms with E-state index < -0.39 is 17.6 Å². The van der Waals surface area contributed by atoms with E-state index in [1.807, 2.05) is 13.8 Å². The van der Waals surface area contributed by atoms with Crippen molar-refractivity contribution in [1.29, 1.82) is 0 Å². The largest absolute Gasteiger partial charge is 0.418 e. The number of nitrogens with zero attached hydrogens (tertiary/aromatic N) is 2. The molecule has 0 radical (unpaired) electrons. The average Bonchev–Trinajstić information content (AvgIpc) is 2.48. The maximum atomic E-state index is 13.0. The Balaban J connectivity index is 2.27. The van der Waals surface area contributed by atoms with E-state index in [1.54, 1.807) is 6.07 Å². The van der Waals surface area contributed by atoms with E-state index in [1.165, 1.54) is 12.1 Å². The summed E-state index contributed by atoms with van der Waals surface area (Å²) >= 11 is 5.59. The molecule has 0 aliphatic carbocycles. The van der Waals surface area contributed by atoms with Crippen LogP contribution in [-0.2, 0) is 6.18 Å². The zero-order chi connectivity index (χ0) is 17.2. The molecule has 4 nitrogen and oxygen atoms in total. The highest BCUT2D eigenvalue weighted by molar-refractivity contribution is 6.30. The summed E-state index contributed by atoms with van der Waals surface area (Å²) in [6, 6.07) is 6.14. The van der Waals surface area contributed by atoms with Gasteiger partial charge in [0, 0.05) is 5.02 Å². The minimum atomic E-state index is -4.64. The molecule has 2 aromatic rings. The van der Waals surface area contributed by atoms with Crippen LogP contribution in [0, 0.1) is 0 Å². The smallest absolute Gasteiger partial charge is 0.320 e. The Bertz CT molecular complexity index is 715. The van der Waals surface area contributed by atoms with Gasteiger partial charge in [-0.2, -0.15) is 18.3 Å². The lowest BCUT2D eigenvalue weighted by molar-refractivity contribution is -0.136. The van der Waals surface area contributed by atoms with Crippen molar-refractivity contribution in [3.8, 4) is 0 Å². The molecule has 0 fully saturated rings. The van der Waals surface area contributed by atoms with Gasteiger partial charge in [0.25, 0.3) is 5.91 Å². The van der Waals surface area contributed by atoms with Gasteiger partial charge in [0.2, 0.25) is 0 Å². The third-order valence-corrected chi connectivity index (χ3v) is 3.28. The molecule has 1 aromatic heterocycles. The molecule has 0 aliphatic heterocycles. The monoisotopic (exact) mass is 343 g/mol. The maximum Gasteiger partial charge on any atom is 0.418 e. The molecular weight excluding hydrogens is 331 g/mol. The van der Waals surface area contributed by atoms with E-state index in [4.69, 9.17) is 11.6 Å². The van der Waals surface area contributed by atoms with Crippen molar-refractivity contribution in [2.24, 2.45) is 0 Å². The standard InChI is InChI=1S/C15H13ClF3N3O/c1-8(2)11-5-6-13(22-21-11)14(23)20-12-4-3-9(16)7-10(12)15(17,18)19/h3-8H,1-2H3,(H,20,23). The predicted molar refractivity (Wildman–Crippen MR) is 80.5 cm³/mol. The van der Waals surface area contributed by atoms with Crippen LogP contribution in [0.2, 0.25) is 5.02 Å². The number of nitrogens with one attached hydrogen (secondary N) is 1. The molecule has 122 valence electrons. The van der Waals surface area contributed by atoms with Gasteiger partial charge < -0.3 is 5.32 Å². The first kappa shape index (κ1) is 17.2. The van der Waals surface area contributed by atoms with Crippen molar-refractivity contribution in [1.82, 2.24) is 10.2 Å². The van der Waals surface area contributed by atoms with Crippen LogP contribution in [0.25, 0.3) is 0 Å². The fourth-order valence-electron chi connectivity index (χ4n) is 1.82. The summed E-state index contributed by atoms with van der Waals surface area (Å²) < 4.78 is 39.0. The first-order chi connectivity index (χ1) is 10.7. The first-order valence-corrected chi connectivity index (χ1v) is 7.08. The quantitative estimate of drug-likeness (QED) is 0.891. The Kier molecular flexibility index (Phi) is 4.89. The van der Waals surface area contributed by atoms with Gasteiger partial charge in [-0.15, -0.1) is 5.10 Å². The Morgan fingerprint density at radius 1 is 1.17 bits per heavy atom. The van der Waals surface area contributed by atoms with Crippen LogP contribution >= 0.6 is 11.6 Å². The van der Waals surface area contributed by atoms with E-state index in [2.05, 4.69) is 15.5 Å². The molecule has 0 aliphatic rings. The summed E-state index contributed by atoms with van der Waals surface area (Å²) in [5.41, 5.74) is -0.798. The fourth-order valence-corrected chi connectivity index (χ4v) is 1.99. The van der Waals surface area contributed by atoms with E-state index in [0.29, 0.717) is 5.69 Å². The molecule has 1 heterocycles. The van der Waals surface area contributed by atoms with Gasteiger partial charge in [0.15, 0.2) is 5.69 Å². The maximum absolute atomic E-state index is 13.0. The zero-order valence-electron chi connectivity index (χ0n) is 12.3. The Morgan fingerprint density at radius 3 is 2.39 bits per heavy atom. The lowest BCUT2D eigenvalue weighted by Gasteiger charge is -2.14. The zero-order valence-corrected chi connectivity index (χ0v) is 13.0. The second-order valence-electron chi connectivity index (χ2n) is 5.14. The van der Waals surface area contributed by atoms with Gasteiger partial charge in [-0.3, -0.25) is 4.79 Å². The number of rotatable bonds is 3. The molecule has 0 atom stereocenters. The van der Waals surface area contributed by atoms with Gasteiger partial charge in [0.1, 0.15) is 0 Å². The lowest BCUT2D eigenvalue weighted by Crippen LogP contribution is -2.18. The molecule has 0 bridgehead atoms. The number of hydrogen-bond acceptors (Lipinski definition) is 3. The van der Waals surface area contributed by atoms with Crippen LogP contribution in [-0.4, -0.2) is 16.1 Å². The highest BCUT2D eigenvalue weighted by atomic mass is 35.5. The van der Waals surface area contributed by atoms with Crippen molar-refractivity contribution in [2.45, 2.75) is 25.9 Å². The normalized spacial score (nSPS) is 11.6. The Morgan fingerprint density at radius 2 is 1.87 bits per heavy atom. The van der Waals surface area contributed by atoms with Crippen molar-refractivity contribution in [2.75, 3.05) is 5.32 Å². The summed E-state index contributed by atoms with van der Waals surface area (Å²) in [5.74, 6) is -0.645. The molecule has 0 saturated heterocycles. The number of anilines is 1. The first-order valence-electron chi connectivity index (χ1n) is 6.70. The highest BCUT2D eigenvalue weighted by Crippen LogP contribution is 2.36. The van der Waals surface area contributed by atoms with Crippen LogP contribution in [0.3, 0.4) is 0 Å². The minimum Gasteiger partial charge on any atom is -0.320 e. The number of carbonyl (C=O) groups excluding carboxylic acids is 1. The van der Waals surface area contributed by atoms with Gasteiger partial charge >= 0.3 is 6.18 Å². The van der Waals surface area contributed by atoms with Crippen LogP contribution in [0.1, 0.15) is 41.5 Å². The third kappa shape index (κ3) is 4.19. The molecule has 0 spiro atoms. The van der Waals surface area contributed by atoms with E-state index >= 15 is 0 Å². The molecule has 1 amide bonds. The molecule has 1 N–H and O–H groups in total. The van der Waals surface area contributed by atoms with Crippen LogP contribution in [0.15, 0.2) is 30.3 Å². The number of carbonyl (C=O) groups is 1. The van der Waals surface area contributed by atoms with Gasteiger partial charge in [-0.25, -0.2) is 0 Å². The molecule has 0 saturated carbocycles. The Labute approximate surface area is 135 Å². The van der Waals surface area contributed by atoms with E-state index in [-0.39, 0.29) is 22.3 Å². The van der Waals surface area contributed by atoms with Crippen LogP contribution < -0.4 is 5.32 Å². The molecule has 1 aromatic carbocycles.